The molecular weight excluding hydrogens is 218 g/mol. The number of ether oxygens (including phenoxy) is 1. The van der Waals surface area contributed by atoms with Gasteiger partial charge in [0.25, 0.3) is 0 Å². The predicted molar refractivity (Wildman–Crippen MR) is 66.7 cm³/mol. The Bertz CT molecular complexity index is 233. The van der Waals surface area contributed by atoms with Crippen LogP contribution in [0, 0.1) is 5.92 Å². The van der Waals surface area contributed by atoms with Gasteiger partial charge in [-0.2, -0.15) is 0 Å². The molecule has 0 spiro atoms. The summed E-state index contributed by atoms with van der Waals surface area (Å²) in [5, 5.41) is 9.35. The highest BCUT2D eigenvalue weighted by Crippen LogP contribution is 2.18. The number of methoxy groups -OCH3 is 1. The van der Waals surface area contributed by atoms with Gasteiger partial charge in [-0.3, -0.25) is 4.79 Å². The minimum atomic E-state index is 0.0275. The van der Waals surface area contributed by atoms with Crippen LogP contribution in [0.4, 0.5) is 0 Å². The fourth-order valence-corrected chi connectivity index (χ4v) is 2.45. The molecule has 2 atom stereocenters. The lowest BCUT2D eigenvalue weighted by Crippen LogP contribution is -2.42. The summed E-state index contributed by atoms with van der Waals surface area (Å²) in [5.41, 5.74) is 0. The highest BCUT2D eigenvalue weighted by Gasteiger charge is 2.25. The Labute approximate surface area is 104 Å². The van der Waals surface area contributed by atoms with E-state index >= 15 is 0 Å². The number of nitrogens with zero attached hydrogens (tertiary/aromatic N) is 1. The number of aliphatic hydroxyl groups excluding tert-OH is 1. The molecule has 0 aromatic rings. The molecule has 0 radical (unpaired) electrons. The highest BCUT2D eigenvalue weighted by molar-refractivity contribution is 5.76. The first-order valence-electron chi connectivity index (χ1n) is 6.58. The number of rotatable bonds is 5. The Hall–Kier alpha value is -0.610. The molecule has 1 aliphatic heterocycles. The van der Waals surface area contributed by atoms with Gasteiger partial charge in [-0.15, -0.1) is 0 Å². The first-order chi connectivity index (χ1) is 8.19. The first-order valence-corrected chi connectivity index (χ1v) is 6.58. The number of aliphatic hydroxyl groups is 1. The average Bonchev–Trinajstić information content (AvgIpc) is 2.53. The molecule has 4 heteroatoms. The van der Waals surface area contributed by atoms with Crippen LogP contribution in [0.15, 0.2) is 0 Å². The molecule has 0 aliphatic carbocycles. The zero-order chi connectivity index (χ0) is 12.7. The van der Waals surface area contributed by atoms with E-state index in [1.807, 2.05) is 11.8 Å². The van der Waals surface area contributed by atoms with Gasteiger partial charge in [-0.1, -0.05) is 19.8 Å². The van der Waals surface area contributed by atoms with Crippen molar-refractivity contribution in [3.05, 3.63) is 0 Å². The van der Waals surface area contributed by atoms with Gasteiger partial charge >= 0.3 is 0 Å². The van der Waals surface area contributed by atoms with Crippen molar-refractivity contribution in [3.63, 3.8) is 0 Å². The van der Waals surface area contributed by atoms with Crippen molar-refractivity contribution >= 4 is 5.91 Å². The van der Waals surface area contributed by atoms with E-state index in [0.717, 1.165) is 32.2 Å². The largest absolute Gasteiger partial charge is 0.394 e. The second kappa shape index (κ2) is 7.67. The van der Waals surface area contributed by atoms with E-state index in [-0.39, 0.29) is 24.5 Å². The Morgan fingerprint density at radius 2 is 2.24 bits per heavy atom. The summed E-state index contributed by atoms with van der Waals surface area (Å²) in [4.78, 5) is 14.0. The molecule has 2 unspecified atom stereocenters. The predicted octanol–water partition coefficient (Wildman–Crippen LogP) is 1.42. The molecule has 1 aliphatic rings. The molecule has 0 saturated carbocycles. The van der Waals surface area contributed by atoms with Gasteiger partial charge in [0.2, 0.25) is 5.91 Å². The third kappa shape index (κ3) is 4.64. The molecule has 1 saturated heterocycles. The fourth-order valence-electron chi connectivity index (χ4n) is 2.45. The highest BCUT2D eigenvalue weighted by atomic mass is 16.5. The minimum absolute atomic E-state index is 0.0275. The zero-order valence-electron chi connectivity index (χ0n) is 11.0. The molecule has 100 valence electrons. The summed E-state index contributed by atoms with van der Waals surface area (Å²) in [6.07, 6.45) is 4.78. The van der Waals surface area contributed by atoms with Crippen molar-refractivity contribution in [1.29, 1.82) is 0 Å². The van der Waals surface area contributed by atoms with Gasteiger partial charge in [-0.25, -0.2) is 0 Å². The van der Waals surface area contributed by atoms with Crippen molar-refractivity contribution in [2.45, 2.75) is 45.1 Å². The quantitative estimate of drug-likeness (QED) is 0.794. The van der Waals surface area contributed by atoms with Gasteiger partial charge in [0, 0.05) is 26.7 Å². The number of hydrogen-bond donors (Lipinski definition) is 1. The maximum atomic E-state index is 12.2. The molecule has 1 heterocycles. The maximum absolute atomic E-state index is 12.2. The lowest BCUT2D eigenvalue weighted by Gasteiger charge is -2.29. The first kappa shape index (κ1) is 14.5. The number of carbonyl (C=O) groups excluding carboxylic acids is 1. The van der Waals surface area contributed by atoms with Crippen LogP contribution in [0.5, 0.6) is 0 Å². The van der Waals surface area contributed by atoms with Crippen LogP contribution in [-0.4, -0.2) is 48.8 Å². The van der Waals surface area contributed by atoms with Gasteiger partial charge in [0.05, 0.1) is 12.6 Å². The molecule has 1 fully saturated rings. The van der Waals surface area contributed by atoms with Crippen molar-refractivity contribution in [2.75, 3.05) is 26.9 Å². The van der Waals surface area contributed by atoms with Crippen molar-refractivity contribution < 1.29 is 14.6 Å². The average molecular weight is 243 g/mol. The number of amides is 1. The second-order valence-electron chi connectivity index (χ2n) is 5.04. The van der Waals surface area contributed by atoms with E-state index < -0.39 is 0 Å². The smallest absolute Gasteiger partial charge is 0.223 e. The van der Waals surface area contributed by atoms with Gasteiger partial charge < -0.3 is 14.7 Å². The third-order valence-electron chi connectivity index (χ3n) is 3.38. The van der Waals surface area contributed by atoms with E-state index in [0.29, 0.717) is 13.0 Å². The van der Waals surface area contributed by atoms with Crippen LogP contribution < -0.4 is 0 Å². The van der Waals surface area contributed by atoms with Crippen LogP contribution in [0.3, 0.4) is 0 Å². The topological polar surface area (TPSA) is 49.8 Å². The molecule has 17 heavy (non-hydrogen) atoms. The minimum Gasteiger partial charge on any atom is -0.394 e. The Morgan fingerprint density at radius 1 is 1.47 bits per heavy atom. The molecule has 0 aromatic carbocycles. The summed E-state index contributed by atoms with van der Waals surface area (Å²) in [5.74, 6) is 0.408. The Balaban J connectivity index is 2.51. The molecule has 1 rings (SSSR count). The van der Waals surface area contributed by atoms with Crippen LogP contribution in [-0.2, 0) is 9.53 Å². The molecule has 1 N–H and O–H groups in total. The second-order valence-corrected chi connectivity index (χ2v) is 5.04. The van der Waals surface area contributed by atoms with Crippen molar-refractivity contribution in [1.82, 2.24) is 4.90 Å². The SMILES string of the molecule is COCC(C)CC(=O)N1CCCCCC1CO. The molecule has 0 aromatic heterocycles. The van der Waals surface area contributed by atoms with Gasteiger partial charge in [-0.05, 0) is 18.8 Å². The maximum Gasteiger partial charge on any atom is 0.223 e. The van der Waals surface area contributed by atoms with Crippen LogP contribution in [0.1, 0.15) is 39.0 Å². The van der Waals surface area contributed by atoms with E-state index in [2.05, 4.69) is 0 Å². The van der Waals surface area contributed by atoms with Gasteiger partial charge in [0.15, 0.2) is 0 Å². The summed E-state index contributed by atoms with van der Waals surface area (Å²) in [6, 6.07) is 0.0275. The molecule has 1 amide bonds. The Kier molecular flexibility index (Phi) is 6.52. The third-order valence-corrected chi connectivity index (χ3v) is 3.38. The monoisotopic (exact) mass is 243 g/mol. The lowest BCUT2D eigenvalue weighted by atomic mass is 10.1. The molecule has 4 nitrogen and oxygen atoms in total. The van der Waals surface area contributed by atoms with Crippen LogP contribution >= 0.6 is 0 Å². The van der Waals surface area contributed by atoms with E-state index in [9.17, 15) is 9.90 Å². The van der Waals surface area contributed by atoms with E-state index in [1.165, 1.54) is 0 Å². The van der Waals surface area contributed by atoms with Crippen LogP contribution in [0.25, 0.3) is 0 Å². The zero-order valence-corrected chi connectivity index (χ0v) is 11.0. The molecular formula is C13H25NO3. The lowest BCUT2D eigenvalue weighted by molar-refractivity contribution is -0.135. The van der Waals surface area contributed by atoms with Crippen LogP contribution in [0.2, 0.25) is 0 Å². The molecule has 0 bridgehead atoms. The summed E-state index contributed by atoms with van der Waals surface area (Å²) in [7, 11) is 1.66. The van der Waals surface area contributed by atoms with Crippen molar-refractivity contribution in [2.24, 2.45) is 5.92 Å². The fraction of sp³-hybridized carbons (Fsp3) is 0.923. The summed E-state index contributed by atoms with van der Waals surface area (Å²) in [6.45, 7) is 3.52. The number of carbonyl (C=O) groups is 1. The summed E-state index contributed by atoms with van der Waals surface area (Å²) >= 11 is 0. The Morgan fingerprint density at radius 3 is 2.88 bits per heavy atom. The van der Waals surface area contributed by atoms with Gasteiger partial charge in [0.1, 0.15) is 0 Å². The normalized spacial score (nSPS) is 23.2. The number of hydrogen-bond acceptors (Lipinski definition) is 3. The van der Waals surface area contributed by atoms with E-state index in [4.69, 9.17) is 4.74 Å². The van der Waals surface area contributed by atoms with Crippen molar-refractivity contribution in [3.8, 4) is 0 Å². The van der Waals surface area contributed by atoms with E-state index in [1.54, 1.807) is 7.11 Å². The number of likely N-dealkylation sites (tertiary alicyclic amines) is 1. The summed E-state index contributed by atoms with van der Waals surface area (Å²) < 4.78 is 5.05. The standard InChI is InChI=1S/C13H25NO3/c1-11(10-17-2)8-13(16)14-7-5-3-4-6-12(14)9-15/h11-12,15H,3-10H2,1-2H3.